The summed E-state index contributed by atoms with van der Waals surface area (Å²) < 4.78 is 16.3. The number of hydrogen-bond acceptors (Lipinski definition) is 4. The number of rotatable bonds is 4. The molecule has 4 nitrogen and oxygen atoms in total. The molecular formula is C14H20O4. The van der Waals surface area contributed by atoms with Gasteiger partial charge in [-0.25, -0.2) is 0 Å². The van der Waals surface area contributed by atoms with Crippen molar-refractivity contribution in [2.24, 2.45) is 0 Å². The molecule has 0 bridgehead atoms. The SMILES string of the molecule is COC(=O)CCCC1=CC=C[C@@H]2OC(C)(C)O[C@H]12. The summed E-state index contributed by atoms with van der Waals surface area (Å²) in [5.74, 6) is -0.701. The van der Waals surface area contributed by atoms with Crippen LogP contribution >= 0.6 is 0 Å². The van der Waals surface area contributed by atoms with Crippen molar-refractivity contribution in [2.45, 2.75) is 51.1 Å². The van der Waals surface area contributed by atoms with E-state index in [2.05, 4.69) is 10.8 Å². The third kappa shape index (κ3) is 3.00. The molecule has 100 valence electrons. The fourth-order valence-electron chi connectivity index (χ4n) is 2.37. The van der Waals surface area contributed by atoms with E-state index in [0.717, 1.165) is 12.8 Å². The highest BCUT2D eigenvalue weighted by Crippen LogP contribution is 2.36. The van der Waals surface area contributed by atoms with E-state index in [0.29, 0.717) is 6.42 Å². The maximum absolute atomic E-state index is 11.1. The zero-order chi connectivity index (χ0) is 13.2. The van der Waals surface area contributed by atoms with Crippen molar-refractivity contribution in [1.29, 1.82) is 0 Å². The van der Waals surface area contributed by atoms with E-state index in [1.54, 1.807) is 0 Å². The van der Waals surface area contributed by atoms with Crippen molar-refractivity contribution in [3.8, 4) is 0 Å². The number of hydrogen-bond donors (Lipinski definition) is 0. The Balaban J connectivity index is 1.91. The van der Waals surface area contributed by atoms with Crippen LogP contribution in [0, 0.1) is 0 Å². The van der Waals surface area contributed by atoms with Crippen molar-refractivity contribution >= 4 is 5.97 Å². The molecule has 0 radical (unpaired) electrons. The van der Waals surface area contributed by atoms with Crippen molar-refractivity contribution in [3.05, 3.63) is 23.8 Å². The fraction of sp³-hybridized carbons (Fsp3) is 0.643. The maximum atomic E-state index is 11.1. The third-order valence-corrected chi connectivity index (χ3v) is 3.18. The third-order valence-electron chi connectivity index (χ3n) is 3.18. The van der Waals surface area contributed by atoms with Gasteiger partial charge in [0.15, 0.2) is 5.79 Å². The highest BCUT2D eigenvalue weighted by molar-refractivity contribution is 5.69. The Morgan fingerprint density at radius 1 is 1.44 bits per heavy atom. The zero-order valence-electron chi connectivity index (χ0n) is 11.1. The summed E-state index contributed by atoms with van der Waals surface area (Å²) in [6, 6.07) is 0. The van der Waals surface area contributed by atoms with Crippen LogP contribution in [0.3, 0.4) is 0 Å². The van der Waals surface area contributed by atoms with E-state index in [-0.39, 0.29) is 18.2 Å². The lowest BCUT2D eigenvalue weighted by molar-refractivity contribution is -0.141. The Morgan fingerprint density at radius 3 is 2.94 bits per heavy atom. The molecule has 18 heavy (non-hydrogen) atoms. The van der Waals surface area contributed by atoms with Crippen molar-refractivity contribution in [3.63, 3.8) is 0 Å². The van der Waals surface area contributed by atoms with E-state index in [9.17, 15) is 4.79 Å². The average Bonchev–Trinajstić information content (AvgIpc) is 2.63. The Kier molecular flexibility index (Phi) is 3.88. The maximum Gasteiger partial charge on any atom is 0.305 e. The van der Waals surface area contributed by atoms with Gasteiger partial charge in [-0.2, -0.15) is 0 Å². The molecule has 1 aliphatic carbocycles. The Hall–Kier alpha value is -1.13. The van der Waals surface area contributed by atoms with Gasteiger partial charge >= 0.3 is 5.97 Å². The number of ether oxygens (including phenoxy) is 3. The largest absolute Gasteiger partial charge is 0.469 e. The molecule has 0 aromatic carbocycles. The molecule has 0 saturated carbocycles. The van der Waals surface area contributed by atoms with E-state index in [4.69, 9.17) is 9.47 Å². The number of carbonyl (C=O) groups is 1. The molecule has 0 unspecified atom stereocenters. The smallest absolute Gasteiger partial charge is 0.305 e. The molecule has 2 rings (SSSR count). The molecule has 0 amide bonds. The van der Waals surface area contributed by atoms with E-state index >= 15 is 0 Å². The lowest BCUT2D eigenvalue weighted by Gasteiger charge is -2.20. The van der Waals surface area contributed by atoms with Gasteiger partial charge in [0.25, 0.3) is 0 Å². The van der Waals surface area contributed by atoms with E-state index in [1.807, 2.05) is 26.0 Å². The zero-order valence-corrected chi connectivity index (χ0v) is 11.1. The molecule has 0 spiro atoms. The number of methoxy groups -OCH3 is 1. The average molecular weight is 252 g/mol. The van der Waals surface area contributed by atoms with Crippen LogP contribution in [0.1, 0.15) is 33.1 Å². The van der Waals surface area contributed by atoms with Crippen LogP contribution < -0.4 is 0 Å². The van der Waals surface area contributed by atoms with Crippen LogP contribution in [0.5, 0.6) is 0 Å². The van der Waals surface area contributed by atoms with Gasteiger partial charge in [-0.05, 0) is 32.3 Å². The molecule has 2 atom stereocenters. The number of esters is 1. The molecule has 1 saturated heterocycles. The molecule has 2 aliphatic rings. The van der Waals surface area contributed by atoms with E-state index in [1.165, 1.54) is 12.7 Å². The lowest BCUT2D eigenvalue weighted by Crippen LogP contribution is -2.25. The second-order valence-electron chi connectivity index (χ2n) is 5.08. The normalized spacial score (nSPS) is 28.7. The molecule has 4 heteroatoms. The summed E-state index contributed by atoms with van der Waals surface area (Å²) >= 11 is 0. The van der Waals surface area contributed by atoms with Gasteiger partial charge in [-0.3, -0.25) is 4.79 Å². The summed E-state index contributed by atoms with van der Waals surface area (Å²) in [5.41, 5.74) is 1.19. The number of fused-ring (bicyclic) bond motifs is 1. The summed E-state index contributed by atoms with van der Waals surface area (Å²) in [6.45, 7) is 3.84. The highest BCUT2D eigenvalue weighted by Gasteiger charge is 2.42. The molecule has 1 fully saturated rings. The minimum atomic E-state index is -0.536. The molecule has 0 N–H and O–H groups in total. The van der Waals surface area contributed by atoms with Crippen LogP contribution in [0.15, 0.2) is 23.8 Å². The van der Waals surface area contributed by atoms with Gasteiger partial charge in [0.2, 0.25) is 0 Å². The molecule has 0 aromatic rings. The van der Waals surface area contributed by atoms with Crippen molar-refractivity contribution in [1.82, 2.24) is 0 Å². The summed E-state index contributed by atoms with van der Waals surface area (Å²) in [7, 11) is 1.41. The second kappa shape index (κ2) is 5.24. The monoisotopic (exact) mass is 252 g/mol. The van der Waals surface area contributed by atoms with Gasteiger partial charge in [-0.1, -0.05) is 18.2 Å². The van der Waals surface area contributed by atoms with Crippen LogP contribution in [-0.2, 0) is 19.0 Å². The fourth-order valence-corrected chi connectivity index (χ4v) is 2.37. The van der Waals surface area contributed by atoms with Gasteiger partial charge in [0.05, 0.1) is 7.11 Å². The van der Waals surface area contributed by atoms with E-state index < -0.39 is 5.79 Å². The first-order chi connectivity index (χ1) is 8.52. The predicted molar refractivity (Wildman–Crippen MR) is 66.9 cm³/mol. The minimum absolute atomic E-state index is 0.00173. The molecule has 1 aliphatic heterocycles. The lowest BCUT2D eigenvalue weighted by atomic mass is 9.95. The second-order valence-corrected chi connectivity index (χ2v) is 5.08. The Bertz CT molecular complexity index is 381. The first kappa shape index (κ1) is 13.3. The van der Waals surface area contributed by atoms with Crippen molar-refractivity contribution in [2.75, 3.05) is 7.11 Å². The molecule has 1 heterocycles. The first-order valence-corrected chi connectivity index (χ1v) is 6.31. The molecule has 0 aromatic heterocycles. The quantitative estimate of drug-likeness (QED) is 0.720. The summed E-state index contributed by atoms with van der Waals surface area (Å²) in [5, 5.41) is 0. The predicted octanol–water partition coefficient (Wildman–Crippen LogP) is 2.35. The Labute approximate surface area is 108 Å². The Morgan fingerprint density at radius 2 is 2.22 bits per heavy atom. The van der Waals surface area contributed by atoms with Gasteiger partial charge in [-0.15, -0.1) is 0 Å². The minimum Gasteiger partial charge on any atom is -0.469 e. The highest BCUT2D eigenvalue weighted by atomic mass is 16.7. The first-order valence-electron chi connectivity index (χ1n) is 6.31. The van der Waals surface area contributed by atoms with Crippen LogP contribution in [0.25, 0.3) is 0 Å². The van der Waals surface area contributed by atoms with Gasteiger partial charge in [0.1, 0.15) is 12.2 Å². The summed E-state index contributed by atoms with van der Waals surface area (Å²) in [6.07, 6.45) is 8.12. The van der Waals surface area contributed by atoms with Gasteiger partial charge in [0, 0.05) is 6.42 Å². The molecular weight excluding hydrogens is 232 g/mol. The topological polar surface area (TPSA) is 44.8 Å². The van der Waals surface area contributed by atoms with Crippen LogP contribution in [-0.4, -0.2) is 31.1 Å². The number of carbonyl (C=O) groups excluding carboxylic acids is 1. The summed E-state index contributed by atoms with van der Waals surface area (Å²) in [4.78, 5) is 11.1. The van der Waals surface area contributed by atoms with Crippen LogP contribution in [0.4, 0.5) is 0 Å². The van der Waals surface area contributed by atoms with Crippen molar-refractivity contribution < 1.29 is 19.0 Å². The number of allylic oxidation sites excluding steroid dienone is 2. The standard InChI is InChI=1S/C14H20O4/c1-14(2)17-11-8-4-6-10(13(11)18-14)7-5-9-12(15)16-3/h4,6,8,11,13H,5,7,9H2,1-3H3/t11-,13+/m0/s1. The van der Waals surface area contributed by atoms with Gasteiger partial charge < -0.3 is 14.2 Å². The van der Waals surface area contributed by atoms with Crippen LogP contribution in [0.2, 0.25) is 0 Å².